The quantitative estimate of drug-likeness (QED) is 0.509. The van der Waals surface area contributed by atoms with Crippen LogP contribution in [0.5, 0.6) is 0 Å². The van der Waals surface area contributed by atoms with Gasteiger partial charge >= 0.3 is 0 Å². The highest BCUT2D eigenvalue weighted by Gasteiger charge is 2.33. The Kier molecular flexibility index (Phi) is 9.26. The van der Waals surface area contributed by atoms with Crippen molar-refractivity contribution < 1.29 is 22.4 Å². The summed E-state index contributed by atoms with van der Waals surface area (Å²) in [7, 11) is -3.96. The van der Waals surface area contributed by atoms with Crippen LogP contribution < -0.4 is 9.62 Å². The number of para-hydroxylation sites is 1. The zero-order chi connectivity index (χ0) is 25.4. The fraction of sp³-hybridized carbons (Fsp3) is 0.462. The molecule has 0 saturated heterocycles. The summed E-state index contributed by atoms with van der Waals surface area (Å²) in [5.74, 6) is -1.53. The zero-order valence-electron chi connectivity index (χ0n) is 20.3. The summed E-state index contributed by atoms with van der Waals surface area (Å²) in [5, 5.41) is 3.06. The largest absolute Gasteiger partial charge is 0.352 e. The highest BCUT2D eigenvalue weighted by Crippen LogP contribution is 2.23. The molecular weight excluding hydrogens is 469 g/mol. The Balaban J connectivity index is 1.87. The van der Waals surface area contributed by atoms with Gasteiger partial charge in [-0.05, 0) is 43.4 Å². The maximum atomic E-state index is 14.5. The van der Waals surface area contributed by atoms with Crippen LogP contribution >= 0.6 is 0 Å². The van der Waals surface area contributed by atoms with E-state index in [2.05, 4.69) is 5.32 Å². The second-order valence-electron chi connectivity index (χ2n) is 8.96. The summed E-state index contributed by atoms with van der Waals surface area (Å²) in [6.45, 7) is 1.46. The summed E-state index contributed by atoms with van der Waals surface area (Å²) < 4.78 is 40.3. The van der Waals surface area contributed by atoms with Crippen molar-refractivity contribution in [1.82, 2.24) is 10.2 Å². The smallest absolute Gasteiger partial charge is 0.244 e. The highest BCUT2D eigenvalue weighted by molar-refractivity contribution is 7.92. The van der Waals surface area contributed by atoms with Gasteiger partial charge in [-0.15, -0.1) is 0 Å². The van der Waals surface area contributed by atoms with Crippen molar-refractivity contribution in [2.75, 3.05) is 23.7 Å². The number of anilines is 1. The minimum atomic E-state index is -3.96. The minimum absolute atomic E-state index is 0.0913. The van der Waals surface area contributed by atoms with Gasteiger partial charge in [0.1, 0.15) is 18.4 Å². The number of sulfonamides is 1. The van der Waals surface area contributed by atoms with Gasteiger partial charge in [0.05, 0.1) is 11.9 Å². The lowest BCUT2D eigenvalue weighted by molar-refractivity contribution is -0.139. The van der Waals surface area contributed by atoms with Crippen molar-refractivity contribution in [1.29, 1.82) is 0 Å². The van der Waals surface area contributed by atoms with Crippen LogP contribution in [0.15, 0.2) is 54.6 Å². The van der Waals surface area contributed by atoms with Crippen molar-refractivity contribution in [2.45, 2.75) is 57.5 Å². The molecule has 7 nitrogen and oxygen atoms in total. The predicted molar refractivity (Wildman–Crippen MR) is 135 cm³/mol. The van der Waals surface area contributed by atoms with Crippen molar-refractivity contribution in [3.8, 4) is 0 Å². The first kappa shape index (κ1) is 26.7. The van der Waals surface area contributed by atoms with Crippen LogP contribution in [-0.4, -0.2) is 56.6 Å². The van der Waals surface area contributed by atoms with Gasteiger partial charge in [0, 0.05) is 12.6 Å². The maximum absolute atomic E-state index is 14.5. The second kappa shape index (κ2) is 12.2. The van der Waals surface area contributed by atoms with Crippen LogP contribution in [0.25, 0.3) is 0 Å². The van der Waals surface area contributed by atoms with Gasteiger partial charge in [0.25, 0.3) is 0 Å². The molecule has 1 aliphatic carbocycles. The normalized spacial score (nSPS) is 14.9. The summed E-state index contributed by atoms with van der Waals surface area (Å²) >= 11 is 0. The Morgan fingerprint density at radius 3 is 2.29 bits per heavy atom. The van der Waals surface area contributed by atoms with Gasteiger partial charge in [0.2, 0.25) is 21.8 Å². The van der Waals surface area contributed by atoms with Crippen LogP contribution in [0.3, 0.4) is 0 Å². The fourth-order valence-corrected chi connectivity index (χ4v) is 5.36. The molecule has 2 amide bonds. The Morgan fingerprint density at radius 1 is 1.06 bits per heavy atom. The summed E-state index contributed by atoms with van der Waals surface area (Å²) in [4.78, 5) is 28.2. The van der Waals surface area contributed by atoms with Gasteiger partial charge in [-0.2, -0.15) is 0 Å². The molecule has 2 aromatic rings. The monoisotopic (exact) mass is 503 g/mol. The number of carbonyl (C=O) groups excluding carboxylic acids is 2. The molecule has 1 saturated carbocycles. The number of halogens is 1. The molecule has 0 aromatic heterocycles. The van der Waals surface area contributed by atoms with Gasteiger partial charge in [-0.3, -0.25) is 13.9 Å². The highest BCUT2D eigenvalue weighted by atomic mass is 32.2. The van der Waals surface area contributed by atoms with Gasteiger partial charge < -0.3 is 10.2 Å². The van der Waals surface area contributed by atoms with Gasteiger partial charge in [-0.1, -0.05) is 62.2 Å². The third-order valence-electron chi connectivity index (χ3n) is 6.37. The number of nitrogens with one attached hydrogen (secondary N) is 1. The standard InChI is InChI=1S/C26H34FN3O4S/c1-3-23(26(32)28-21-13-7-8-14-21)29(18-17-20-11-5-4-6-12-20)25(31)19-30(35(2,33)34)24-16-10-9-15-22(24)27/h4-6,9-12,15-16,21,23H,3,7-8,13-14,17-19H2,1-2H3,(H,28,32)/t23-/m0/s1. The summed E-state index contributed by atoms with van der Waals surface area (Å²) in [5.41, 5.74) is 0.792. The first-order chi connectivity index (χ1) is 16.7. The first-order valence-corrected chi connectivity index (χ1v) is 13.9. The minimum Gasteiger partial charge on any atom is -0.352 e. The predicted octanol–water partition coefficient (Wildman–Crippen LogP) is 3.50. The first-order valence-electron chi connectivity index (χ1n) is 12.1. The molecule has 1 fully saturated rings. The Labute approximate surface area is 207 Å². The molecule has 190 valence electrons. The van der Waals surface area contributed by atoms with Crippen LogP contribution in [0.1, 0.15) is 44.6 Å². The number of amides is 2. The molecule has 1 aliphatic rings. The molecule has 0 radical (unpaired) electrons. The third kappa shape index (κ3) is 7.27. The van der Waals surface area contributed by atoms with Crippen LogP contribution in [0.4, 0.5) is 10.1 Å². The molecule has 2 aromatic carbocycles. The van der Waals surface area contributed by atoms with E-state index in [9.17, 15) is 22.4 Å². The average molecular weight is 504 g/mol. The lowest BCUT2D eigenvalue weighted by atomic mass is 10.1. The molecule has 35 heavy (non-hydrogen) atoms. The Bertz CT molecular complexity index is 1100. The molecular formula is C26H34FN3O4S. The Hall–Kier alpha value is -2.94. The van der Waals surface area contributed by atoms with Gasteiger partial charge in [-0.25, -0.2) is 12.8 Å². The lowest BCUT2D eigenvalue weighted by Gasteiger charge is -2.33. The molecule has 3 rings (SSSR count). The van der Waals surface area contributed by atoms with Crippen LogP contribution in [0, 0.1) is 5.82 Å². The van der Waals surface area contributed by atoms with Crippen molar-refractivity contribution >= 4 is 27.5 Å². The van der Waals surface area contributed by atoms with Crippen LogP contribution in [-0.2, 0) is 26.0 Å². The number of nitrogens with zero attached hydrogens (tertiary/aromatic N) is 2. The molecule has 0 heterocycles. The number of carbonyl (C=O) groups is 2. The van der Waals surface area contributed by atoms with E-state index in [1.165, 1.54) is 23.1 Å². The lowest BCUT2D eigenvalue weighted by Crippen LogP contribution is -2.54. The third-order valence-corrected chi connectivity index (χ3v) is 7.50. The van der Waals surface area contributed by atoms with Crippen molar-refractivity contribution in [3.63, 3.8) is 0 Å². The van der Waals surface area contributed by atoms with E-state index in [1.54, 1.807) is 0 Å². The number of hydrogen-bond donors (Lipinski definition) is 1. The number of benzene rings is 2. The van der Waals surface area contributed by atoms with Crippen molar-refractivity contribution in [3.05, 3.63) is 66.0 Å². The van der Waals surface area contributed by atoms with E-state index in [-0.39, 0.29) is 24.2 Å². The molecule has 0 unspecified atom stereocenters. The van der Waals surface area contributed by atoms with E-state index >= 15 is 0 Å². The number of hydrogen-bond acceptors (Lipinski definition) is 4. The van der Waals surface area contributed by atoms with Crippen molar-refractivity contribution in [2.24, 2.45) is 0 Å². The average Bonchev–Trinajstić information content (AvgIpc) is 3.33. The van der Waals surface area contributed by atoms with E-state index in [1.807, 2.05) is 37.3 Å². The maximum Gasteiger partial charge on any atom is 0.244 e. The summed E-state index contributed by atoms with van der Waals surface area (Å²) in [6.07, 6.45) is 5.75. The molecule has 0 spiro atoms. The molecule has 0 aliphatic heterocycles. The molecule has 9 heteroatoms. The van der Waals surface area contributed by atoms with Gasteiger partial charge in [0.15, 0.2) is 0 Å². The summed E-state index contributed by atoms with van der Waals surface area (Å²) in [6, 6.07) is 14.3. The zero-order valence-corrected chi connectivity index (χ0v) is 21.1. The second-order valence-corrected chi connectivity index (χ2v) is 10.9. The fourth-order valence-electron chi connectivity index (χ4n) is 4.51. The van der Waals surface area contributed by atoms with Crippen LogP contribution in [0.2, 0.25) is 0 Å². The van der Waals surface area contributed by atoms with E-state index in [0.29, 0.717) is 12.8 Å². The molecule has 1 atom stereocenters. The van der Waals surface area contributed by atoms with E-state index in [4.69, 9.17) is 0 Å². The molecule has 1 N–H and O–H groups in total. The molecule has 0 bridgehead atoms. The Morgan fingerprint density at radius 2 is 1.69 bits per heavy atom. The SMILES string of the molecule is CC[C@@H](C(=O)NC1CCCC1)N(CCc1ccccc1)C(=O)CN(c1ccccc1F)S(C)(=O)=O. The van der Waals surface area contributed by atoms with E-state index < -0.39 is 34.3 Å². The topological polar surface area (TPSA) is 86.8 Å². The van der Waals surface area contributed by atoms with E-state index in [0.717, 1.165) is 47.9 Å². The number of rotatable bonds is 11.